The first-order valence-electron chi connectivity index (χ1n) is 0.123. The summed E-state index contributed by atoms with van der Waals surface area (Å²) in [5.74, 6) is 0. The van der Waals surface area contributed by atoms with E-state index >= 15 is 0 Å². The second-order valence-electron chi connectivity index (χ2n) is 0. The molecule has 0 saturated carbocycles. The fourth-order valence-electron chi connectivity index (χ4n) is 0. The Bertz CT molecular complexity index is 13.5. The quantitative estimate of drug-likeness (QED) is 0.524. The van der Waals surface area contributed by atoms with Crippen LogP contribution in [0.3, 0.4) is 0 Å². The molecule has 4 heavy (non-hydrogen) atoms. The average Bonchev–Trinajstić information content (AvgIpc) is 1.00. The summed E-state index contributed by atoms with van der Waals surface area (Å²) >= 11 is 2.94. The van der Waals surface area contributed by atoms with Crippen molar-refractivity contribution in [1.29, 1.82) is 0 Å². The molecule has 0 aromatic rings. The van der Waals surface area contributed by atoms with E-state index in [4.69, 9.17) is 3.83 Å². The average molecular weight is 386 g/mol. The van der Waals surface area contributed by atoms with E-state index in [0.29, 0.717) is 0 Å². The summed E-state index contributed by atoms with van der Waals surface area (Å²) in [5, 5.41) is 0. The van der Waals surface area contributed by atoms with Crippen LogP contribution in [0.25, 0.3) is 0 Å². The van der Waals surface area contributed by atoms with Crippen LogP contribution in [0.1, 0.15) is 2.85 Å². The van der Waals surface area contributed by atoms with E-state index in [1.165, 1.54) is 0 Å². The second kappa shape index (κ2) is 16.5. The van der Waals surface area contributed by atoms with Crippen molar-refractivity contribution in [1.82, 2.24) is 0 Å². The van der Waals surface area contributed by atoms with E-state index in [0.717, 1.165) is 0 Å². The van der Waals surface area contributed by atoms with Crippen molar-refractivity contribution in [2.24, 2.45) is 0 Å². The van der Waals surface area contributed by atoms with Gasteiger partial charge in [-0.3, -0.25) is 0 Å². The van der Waals surface area contributed by atoms with E-state index in [2.05, 4.69) is 15.9 Å². The zero-order valence-corrected chi connectivity index (χ0v) is 8.94. The minimum atomic E-state index is 0. The molecule has 0 heterocycles. The van der Waals surface area contributed by atoms with Gasteiger partial charge in [-0.1, -0.05) is 0 Å². The Morgan fingerprint density at radius 2 is 1.50 bits per heavy atom. The molecule has 1 nitrogen and oxygen atoms in total. The Balaban J connectivity index is -0.000000000833. The monoisotopic (exact) mass is 385 g/mol. The number of rotatable bonds is 0. The summed E-state index contributed by atoms with van der Waals surface area (Å²) < 4.78 is 7.81. The first-order chi connectivity index (χ1) is 1.00. The summed E-state index contributed by atoms with van der Waals surface area (Å²) in [7, 11) is 0. The molecular weight excluding hydrogens is 384 g/mol. The predicted octanol–water partition coefficient (Wildman–Crippen LogP) is -0.277. The molecular formula is H2BaCuErO. The SMILES string of the molecule is [Ba+2].[Er].[H-].[H-].[O]=[Cu]. The van der Waals surface area contributed by atoms with Crippen molar-refractivity contribution in [2.45, 2.75) is 0 Å². The standard InChI is InChI=1S/Ba.Cu.Er.O.2H/q+2;;;;2*-1. The van der Waals surface area contributed by atoms with Crippen LogP contribution in [-0.2, 0) is 19.8 Å². The van der Waals surface area contributed by atoms with E-state index < -0.39 is 0 Å². The molecule has 0 fully saturated rings. The molecule has 0 aromatic carbocycles. The van der Waals surface area contributed by atoms with Crippen molar-refractivity contribution in [3.8, 4) is 0 Å². The van der Waals surface area contributed by atoms with Crippen molar-refractivity contribution >= 4 is 48.9 Å². The van der Waals surface area contributed by atoms with Gasteiger partial charge in [-0.05, 0) is 0 Å². The molecule has 0 aliphatic rings. The third-order valence-electron chi connectivity index (χ3n) is 0. The van der Waals surface area contributed by atoms with Gasteiger partial charge in [0.05, 0.1) is 0 Å². The van der Waals surface area contributed by atoms with Crippen LogP contribution in [-0.4, -0.2) is 48.9 Å². The first kappa shape index (κ1) is 15.7. The summed E-state index contributed by atoms with van der Waals surface area (Å²) in [6.45, 7) is 0. The Hall–Kier alpha value is 3.14. The van der Waals surface area contributed by atoms with Gasteiger partial charge in [0, 0.05) is 37.3 Å². The van der Waals surface area contributed by atoms with E-state index in [9.17, 15) is 0 Å². The molecule has 0 aliphatic carbocycles. The summed E-state index contributed by atoms with van der Waals surface area (Å²) in [6.07, 6.45) is 0. The molecule has 0 rings (SSSR count). The third kappa shape index (κ3) is 8.93. The molecule has 0 amide bonds. The Morgan fingerprint density at radius 1 is 1.50 bits per heavy atom. The zero-order valence-electron chi connectivity index (χ0n) is 3.71. The van der Waals surface area contributed by atoms with E-state index in [-0.39, 0.29) is 89.0 Å². The molecule has 0 bridgehead atoms. The molecule has 0 radical (unpaired) electrons. The fraction of sp³-hybridized carbons (Fsp3) is 0. The molecule has 0 N–H and O–H groups in total. The molecule has 4 heteroatoms. The number of hydrogen-bond acceptors (Lipinski definition) is 1. The van der Waals surface area contributed by atoms with Gasteiger partial charge in [-0.25, -0.2) is 0 Å². The van der Waals surface area contributed by atoms with Crippen LogP contribution in [0.5, 0.6) is 0 Å². The Labute approximate surface area is 106 Å². The van der Waals surface area contributed by atoms with Crippen LogP contribution < -0.4 is 0 Å². The van der Waals surface area contributed by atoms with Crippen LogP contribution in [0.2, 0.25) is 0 Å². The van der Waals surface area contributed by atoms with Crippen molar-refractivity contribution in [3.63, 3.8) is 0 Å². The summed E-state index contributed by atoms with van der Waals surface area (Å²) in [6, 6.07) is 0. The first-order valence-corrected chi connectivity index (χ1v) is 0.508. The van der Waals surface area contributed by atoms with Gasteiger partial charge >= 0.3 is 68.7 Å². The second-order valence-corrected chi connectivity index (χ2v) is 0. The predicted molar refractivity (Wildman–Crippen MR) is 8.66 cm³/mol. The maximum absolute atomic E-state index is 7.81. The third-order valence-corrected chi connectivity index (χ3v) is 0. The fourth-order valence-corrected chi connectivity index (χ4v) is 0. The molecule has 0 unspecified atom stereocenters. The minimum absolute atomic E-state index is 0. The van der Waals surface area contributed by atoms with Crippen LogP contribution in [0.4, 0.5) is 0 Å². The molecule has 0 aliphatic heterocycles. The van der Waals surface area contributed by atoms with Crippen molar-refractivity contribution < 1.29 is 59.9 Å². The summed E-state index contributed by atoms with van der Waals surface area (Å²) in [5.41, 5.74) is 0. The van der Waals surface area contributed by atoms with Gasteiger partial charge in [0.15, 0.2) is 0 Å². The summed E-state index contributed by atoms with van der Waals surface area (Å²) in [4.78, 5) is 0. The molecule has 33 valence electrons. The molecule has 0 saturated heterocycles. The topological polar surface area (TPSA) is 17.1 Å². The van der Waals surface area contributed by atoms with Gasteiger partial charge in [0.25, 0.3) is 0 Å². The van der Waals surface area contributed by atoms with Gasteiger partial charge in [-0.15, -0.1) is 0 Å². The van der Waals surface area contributed by atoms with Gasteiger partial charge < -0.3 is 2.85 Å². The van der Waals surface area contributed by atoms with E-state index in [1.54, 1.807) is 0 Å². The molecule has 0 aromatic heterocycles. The number of hydrogen-bond donors (Lipinski definition) is 0. The van der Waals surface area contributed by atoms with Gasteiger partial charge in [0.2, 0.25) is 0 Å². The Kier molecular flexibility index (Phi) is 64.6. The molecule has 0 atom stereocenters. The van der Waals surface area contributed by atoms with Crippen LogP contribution in [0.15, 0.2) is 0 Å². The van der Waals surface area contributed by atoms with E-state index in [1.807, 2.05) is 0 Å². The van der Waals surface area contributed by atoms with Crippen LogP contribution >= 0.6 is 0 Å². The van der Waals surface area contributed by atoms with Gasteiger partial charge in [-0.2, -0.15) is 0 Å². The molecule has 0 spiro atoms. The van der Waals surface area contributed by atoms with Crippen LogP contribution in [0, 0.1) is 37.3 Å². The maximum atomic E-state index is 7.81. The Morgan fingerprint density at radius 3 is 1.50 bits per heavy atom. The van der Waals surface area contributed by atoms with Crippen molar-refractivity contribution in [3.05, 3.63) is 0 Å². The zero-order chi connectivity index (χ0) is 2.00. The normalized spacial score (nSPS) is 1.50. The van der Waals surface area contributed by atoms with Crippen molar-refractivity contribution in [2.75, 3.05) is 0 Å². The van der Waals surface area contributed by atoms with Gasteiger partial charge in [0.1, 0.15) is 0 Å².